The number of oxazole rings is 1. The van der Waals surface area contributed by atoms with Crippen LogP contribution in [0.5, 0.6) is 0 Å². The smallest absolute Gasteiger partial charge is 0.252 e. The lowest BCUT2D eigenvalue weighted by Gasteiger charge is -2.02. The molecule has 0 fully saturated rings. The molecule has 2 aromatic heterocycles. The molecule has 0 aliphatic carbocycles. The molecule has 0 bridgehead atoms. The van der Waals surface area contributed by atoms with Gasteiger partial charge in [-0.2, -0.15) is 0 Å². The van der Waals surface area contributed by atoms with Crippen LogP contribution in [-0.4, -0.2) is 15.0 Å². The van der Waals surface area contributed by atoms with E-state index in [1.165, 1.54) is 6.07 Å². The van der Waals surface area contributed by atoms with E-state index in [4.69, 9.17) is 4.42 Å². The quantitative estimate of drug-likeness (QED) is 0.805. The van der Waals surface area contributed by atoms with Gasteiger partial charge < -0.3 is 14.7 Å². The molecule has 0 radical (unpaired) electrons. The van der Waals surface area contributed by atoms with Crippen LogP contribution in [0.15, 0.2) is 21.5 Å². The Morgan fingerprint density at radius 1 is 1.50 bits per heavy atom. The minimum absolute atomic E-state index is 0.182. The zero-order chi connectivity index (χ0) is 11.5. The summed E-state index contributed by atoms with van der Waals surface area (Å²) >= 11 is 0. The Balaban J connectivity index is 2.07. The largest absolute Gasteiger partial charge is 0.444 e. The summed E-state index contributed by atoms with van der Waals surface area (Å²) in [6.45, 7) is 3.96. The molecule has 0 amide bonds. The fraction of sp³-hybridized carbons (Fsp3) is 0.300. The van der Waals surface area contributed by atoms with Gasteiger partial charge in [0.15, 0.2) is 0 Å². The highest BCUT2D eigenvalue weighted by atomic mass is 16.4. The molecule has 0 saturated carbocycles. The van der Waals surface area contributed by atoms with Crippen LogP contribution in [0.4, 0.5) is 5.82 Å². The molecular weight excluding hydrogens is 208 g/mol. The van der Waals surface area contributed by atoms with Crippen molar-refractivity contribution in [3.63, 3.8) is 0 Å². The summed E-state index contributed by atoms with van der Waals surface area (Å²) in [6, 6.07) is 1.39. The number of hydrogen-bond donors (Lipinski definition) is 2. The molecule has 84 valence electrons. The topological polar surface area (TPSA) is 83.8 Å². The van der Waals surface area contributed by atoms with E-state index in [1.807, 2.05) is 6.92 Å². The van der Waals surface area contributed by atoms with Crippen molar-refractivity contribution in [1.29, 1.82) is 0 Å². The Morgan fingerprint density at radius 3 is 2.94 bits per heavy atom. The number of hydrogen-bond acceptors (Lipinski definition) is 5. The van der Waals surface area contributed by atoms with E-state index in [0.29, 0.717) is 24.1 Å². The second-order valence-electron chi connectivity index (χ2n) is 3.43. The second-order valence-corrected chi connectivity index (χ2v) is 3.43. The fourth-order valence-electron chi connectivity index (χ4n) is 1.32. The van der Waals surface area contributed by atoms with Crippen LogP contribution in [0.25, 0.3) is 0 Å². The summed E-state index contributed by atoms with van der Waals surface area (Å²) in [4.78, 5) is 21.9. The van der Waals surface area contributed by atoms with Crippen molar-refractivity contribution in [2.24, 2.45) is 0 Å². The van der Waals surface area contributed by atoms with E-state index in [2.05, 4.69) is 20.3 Å². The van der Waals surface area contributed by atoms with Crippen molar-refractivity contribution >= 4 is 5.82 Å². The van der Waals surface area contributed by atoms with Gasteiger partial charge in [0.25, 0.3) is 5.56 Å². The van der Waals surface area contributed by atoms with Crippen molar-refractivity contribution in [1.82, 2.24) is 15.0 Å². The first-order valence-electron chi connectivity index (χ1n) is 4.86. The third kappa shape index (κ3) is 2.47. The Kier molecular flexibility index (Phi) is 2.72. The Morgan fingerprint density at radius 2 is 2.31 bits per heavy atom. The molecule has 16 heavy (non-hydrogen) atoms. The minimum atomic E-state index is -0.182. The first-order valence-corrected chi connectivity index (χ1v) is 4.86. The summed E-state index contributed by atoms with van der Waals surface area (Å²) < 4.78 is 5.28. The normalized spacial score (nSPS) is 10.4. The lowest BCUT2D eigenvalue weighted by atomic mass is 10.5. The fourth-order valence-corrected chi connectivity index (χ4v) is 1.32. The van der Waals surface area contributed by atoms with Crippen molar-refractivity contribution < 1.29 is 4.42 Å². The summed E-state index contributed by atoms with van der Waals surface area (Å²) in [5.74, 6) is 2.40. The van der Waals surface area contributed by atoms with Crippen LogP contribution in [0.2, 0.25) is 0 Å². The molecule has 2 N–H and O–H groups in total. The van der Waals surface area contributed by atoms with Crippen LogP contribution >= 0.6 is 0 Å². The van der Waals surface area contributed by atoms with Crippen LogP contribution < -0.4 is 10.9 Å². The molecule has 0 aliphatic rings. The molecular formula is C10H12N4O2. The maximum absolute atomic E-state index is 11.2. The zero-order valence-electron chi connectivity index (χ0n) is 9.07. The van der Waals surface area contributed by atoms with Gasteiger partial charge in [-0.3, -0.25) is 4.79 Å². The predicted molar refractivity (Wildman–Crippen MR) is 58.2 cm³/mol. The van der Waals surface area contributed by atoms with Gasteiger partial charge >= 0.3 is 0 Å². The predicted octanol–water partition coefficient (Wildman–Crippen LogP) is 0.987. The van der Waals surface area contributed by atoms with E-state index in [-0.39, 0.29) is 5.56 Å². The average Bonchev–Trinajstić information content (AvgIpc) is 2.60. The maximum Gasteiger partial charge on any atom is 0.252 e. The summed E-state index contributed by atoms with van der Waals surface area (Å²) in [5.41, 5.74) is -0.182. The number of aryl methyl sites for hydroxylation is 2. The van der Waals surface area contributed by atoms with Gasteiger partial charge in [-0.1, -0.05) is 0 Å². The average molecular weight is 220 g/mol. The maximum atomic E-state index is 11.2. The van der Waals surface area contributed by atoms with Crippen molar-refractivity contribution in [2.75, 3.05) is 5.32 Å². The van der Waals surface area contributed by atoms with Crippen LogP contribution in [0.3, 0.4) is 0 Å². The number of aromatic amines is 1. The standard InChI is InChI=1S/C10H12N4O2/c1-6-4-12-10(16-6)5-11-8-3-9(15)14-7(2)13-8/h3-4H,5H2,1-2H3,(H2,11,13,14,15). The summed E-state index contributed by atoms with van der Waals surface area (Å²) in [5, 5.41) is 2.97. The number of rotatable bonds is 3. The van der Waals surface area contributed by atoms with Gasteiger partial charge in [-0.25, -0.2) is 9.97 Å². The zero-order valence-corrected chi connectivity index (χ0v) is 9.07. The Labute approximate surface area is 91.7 Å². The monoisotopic (exact) mass is 220 g/mol. The highest BCUT2D eigenvalue weighted by molar-refractivity contribution is 5.32. The van der Waals surface area contributed by atoms with E-state index in [1.54, 1.807) is 13.1 Å². The molecule has 0 aliphatic heterocycles. The molecule has 2 heterocycles. The van der Waals surface area contributed by atoms with Crippen molar-refractivity contribution in [3.05, 3.63) is 40.1 Å². The molecule has 0 unspecified atom stereocenters. The first kappa shape index (κ1) is 10.4. The Bertz CT molecular complexity index is 544. The molecule has 6 nitrogen and oxygen atoms in total. The lowest BCUT2D eigenvalue weighted by molar-refractivity contribution is 0.478. The summed E-state index contributed by atoms with van der Waals surface area (Å²) in [7, 11) is 0. The number of nitrogens with zero attached hydrogens (tertiary/aromatic N) is 2. The van der Waals surface area contributed by atoms with E-state index in [0.717, 1.165) is 5.76 Å². The molecule has 0 saturated heterocycles. The SMILES string of the molecule is Cc1nc(NCc2ncc(C)o2)cc(=O)[nH]1. The number of aromatic nitrogens is 3. The van der Waals surface area contributed by atoms with Gasteiger partial charge in [0.05, 0.1) is 12.7 Å². The highest BCUT2D eigenvalue weighted by Crippen LogP contribution is 2.05. The van der Waals surface area contributed by atoms with Gasteiger partial charge in [-0.15, -0.1) is 0 Å². The van der Waals surface area contributed by atoms with Crippen LogP contribution in [-0.2, 0) is 6.54 Å². The van der Waals surface area contributed by atoms with Gasteiger partial charge in [0, 0.05) is 6.07 Å². The van der Waals surface area contributed by atoms with Gasteiger partial charge in [0.2, 0.25) is 5.89 Å². The van der Waals surface area contributed by atoms with Gasteiger partial charge in [-0.05, 0) is 13.8 Å². The first-order chi connectivity index (χ1) is 7.63. The summed E-state index contributed by atoms with van der Waals surface area (Å²) in [6.07, 6.45) is 1.65. The lowest BCUT2D eigenvalue weighted by Crippen LogP contribution is -2.11. The number of nitrogens with one attached hydrogen (secondary N) is 2. The van der Waals surface area contributed by atoms with Crippen molar-refractivity contribution in [2.45, 2.75) is 20.4 Å². The third-order valence-electron chi connectivity index (χ3n) is 1.95. The third-order valence-corrected chi connectivity index (χ3v) is 1.95. The molecule has 2 aromatic rings. The molecule has 6 heteroatoms. The number of anilines is 1. The van der Waals surface area contributed by atoms with E-state index >= 15 is 0 Å². The highest BCUT2D eigenvalue weighted by Gasteiger charge is 2.02. The molecule has 0 atom stereocenters. The molecule has 2 rings (SSSR count). The van der Waals surface area contributed by atoms with Gasteiger partial charge in [0.1, 0.15) is 17.4 Å². The minimum Gasteiger partial charge on any atom is -0.444 e. The number of H-pyrrole nitrogens is 1. The van der Waals surface area contributed by atoms with Crippen LogP contribution in [0.1, 0.15) is 17.5 Å². The van der Waals surface area contributed by atoms with E-state index in [9.17, 15) is 4.79 Å². The molecule has 0 aromatic carbocycles. The second kappa shape index (κ2) is 4.18. The Hall–Kier alpha value is -2.11. The van der Waals surface area contributed by atoms with E-state index < -0.39 is 0 Å². The van der Waals surface area contributed by atoms with Crippen molar-refractivity contribution in [3.8, 4) is 0 Å². The molecule has 0 spiro atoms. The van der Waals surface area contributed by atoms with Crippen LogP contribution in [0, 0.1) is 13.8 Å².